The van der Waals surface area contributed by atoms with Crippen molar-refractivity contribution in [1.82, 2.24) is 0 Å². The van der Waals surface area contributed by atoms with Gasteiger partial charge in [0, 0.05) is 43.1 Å². The van der Waals surface area contributed by atoms with Gasteiger partial charge in [-0.15, -0.1) is 0 Å². The van der Waals surface area contributed by atoms with E-state index in [2.05, 4.69) is 0 Å². The molecule has 0 heterocycles. The van der Waals surface area contributed by atoms with Gasteiger partial charge in [-0.2, -0.15) is 0 Å². The molecule has 0 aliphatic rings. The Kier molecular flexibility index (Phi) is 3.39. The molecule has 2 aromatic carbocycles. The normalized spacial score (nSPS) is 9.33. The molecule has 0 saturated carbocycles. The fourth-order valence-corrected chi connectivity index (χ4v) is 1.21. The second-order valence-corrected chi connectivity index (χ2v) is 2.50. The third kappa shape index (κ3) is 1.74. The molecular formula is C10H8CaO. The van der Waals surface area contributed by atoms with Crippen LogP contribution < -0.4 is 0 Å². The predicted octanol–water partition coefficient (Wildman–Crippen LogP) is 2.16. The van der Waals surface area contributed by atoms with Crippen molar-refractivity contribution < 1.29 is 5.11 Å². The van der Waals surface area contributed by atoms with Gasteiger partial charge in [0.05, 0.1) is 0 Å². The van der Waals surface area contributed by atoms with Crippen LogP contribution in [0.15, 0.2) is 42.5 Å². The van der Waals surface area contributed by atoms with Crippen LogP contribution in [0.3, 0.4) is 0 Å². The first kappa shape index (κ1) is 9.84. The zero-order valence-electron chi connectivity index (χ0n) is 6.70. The number of fused-ring (bicyclic) bond motifs is 1. The van der Waals surface area contributed by atoms with Crippen LogP contribution >= 0.6 is 0 Å². The number of hydrogen-bond donors (Lipinski definition) is 1. The Balaban J connectivity index is 0.000000720. The zero-order valence-corrected chi connectivity index (χ0v) is 8.90. The van der Waals surface area contributed by atoms with Gasteiger partial charge in [-0.3, -0.25) is 0 Å². The minimum Gasteiger partial charge on any atom is -0.507 e. The Hall–Kier alpha value is -0.240. The maximum absolute atomic E-state index is 9.37. The SMILES string of the molecule is Oc1cccc2ccccc12.[Ca]. The zero-order chi connectivity index (χ0) is 7.68. The molecule has 2 aromatic rings. The minimum atomic E-state index is 0. The van der Waals surface area contributed by atoms with Gasteiger partial charge < -0.3 is 5.11 Å². The van der Waals surface area contributed by atoms with E-state index < -0.39 is 0 Å². The average Bonchev–Trinajstić information content (AvgIpc) is 2.06. The molecule has 12 heavy (non-hydrogen) atoms. The summed E-state index contributed by atoms with van der Waals surface area (Å²) >= 11 is 0. The molecule has 0 atom stereocenters. The van der Waals surface area contributed by atoms with E-state index in [1.807, 2.05) is 36.4 Å². The molecular weight excluding hydrogens is 176 g/mol. The van der Waals surface area contributed by atoms with Crippen LogP contribution in [0, 0.1) is 0 Å². The van der Waals surface area contributed by atoms with Crippen LogP contribution in [-0.2, 0) is 0 Å². The molecule has 0 aliphatic heterocycles. The third-order valence-corrected chi connectivity index (χ3v) is 1.77. The molecule has 2 heteroatoms. The molecule has 0 aromatic heterocycles. The van der Waals surface area contributed by atoms with Gasteiger partial charge in [-0.1, -0.05) is 36.4 Å². The molecule has 0 bridgehead atoms. The summed E-state index contributed by atoms with van der Waals surface area (Å²) in [6.07, 6.45) is 0. The largest absolute Gasteiger partial charge is 0.507 e. The number of phenols is 1. The van der Waals surface area contributed by atoms with Crippen LogP contribution in [0.5, 0.6) is 5.75 Å². The fourth-order valence-electron chi connectivity index (χ4n) is 1.21. The summed E-state index contributed by atoms with van der Waals surface area (Å²) in [6, 6.07) is 13.3. The Morgan fingerprint density at radius 2 is 1.50 bits per heavy atom. The molecule has 0 spiro atoms. The van der Waals surface area contributed by atoms with Gasteiger partial charge >= 0.3 is 0 Å². The van der Waals surface area contributed by atoms with Crippen LogP contribution in [0.25, 0.3) is 10.8 Å². The van der Waals surface area contributed by atoms with Gasteiger partial charge in [0.25, 0.3) is 0 Å². The second kappa shape index (κ2) is 4.13. The first-order valence-electron chi connectivity index (χ1n) is 3.54. The van der Waals surface area contributed by atoms with Gasteiger partial charge in [-0.25, -0.2) is 0 Å². The number of benzene rings is 2. The third-order valence-electron chi connectivity index (χ3n) is 1.77. The van der Waals surface area contributed by atoms with Crippen LogP contribution in [-0.4, -0.2) is 42.8 Å². The number of aromatic hydroxyl groups is 1. The van der Waals surface area contributed by atoms with Crippen LogP contribution in [0.1, 0.15) is 0 Å². The van der Waals surface area contributed by atoms with Crippen molar-refractivity contribution in [2.75, 3.05) is 0 Å². The maximum atomic E-state index is 9.37. The summed E-state index contributed by atoms with van der Waals surface area (Å²) < 4.78 is 0. The van der Waals surface area contributed by atoms with Gasteiger partial charge in [0.15, 0.2) is 0 Å². The Morgan fingerprint density at radius 1 is 0.833 bits per heavy atom. The molecule has 1 N–H and O–H groups in total. The molecule has 0 aliphatic carbocycles. The molecule has 2 radical (unpaired) electrons. The maximum Gasteiger partial charge on any atom is 0.123 e. The van der Waals surface area contributed by atoms with Crippen molar-refractivity contribution in [3.8, 4) is 5.75 Å². The van der Waals surface area contributed by atoms with Gasteiger partial charge in [0.1, 0.15) is 5.75 Å². The van der Waals surface area contributed by atoms with E-state index in [4.69, 9.17) is 0 Å². The quantitative estimate of drug-likeness (QED) is 0.622. The summed E-state index contributed by atoms with van der Waals surface area (Å²) in [5, 5.41) is 11.4. The summed E-state index contributed by atoms with van der Waals surface area (Å²) in [5.41, 5.74) is 0. The number of rotatable bonds is 0. The standard InChI is InChI=1S/C10H8O.Ca/c11-10-7-3-5-8-4-1-2-6-9(8)10;/h1-7,11H;. The van der Waals surface area contributed by atoms with E-state index in [0.717, 1.165) is 10.8 Å². The topological polar surface area (TPSA) is 20.2 Å². The van der Waals surface area contributed by atoms with Crippen molar-refractivity contribution in [3.63, 3.8) is 0 Å². The van der Waals surface area contributed by atoms with E-state index in [1.165, 1.54) is 0 Å². The first-order chi connectivity index (χ1) is 5.38. The van der Waals surface area contributed by atoms with E-state index in [-0.39, 0.29) is 37.7 Å². The fraction of sp³-hybridized carbons (Fsp3) is 0. The summed E-state index contributed by atoms with van der Waals surface area (Å²) in [6.45, 7) is 0. The van der Waals surface area contributed by atoms with Crippen molar-refractivity contribution >= 4 is 48.5 Å². The summed E-state index contributed by atoms with van der Waals surface area (Å²) in [4.78, 5) is 0. The van der Waals surface area contributed by atoms with Crippen molar-refractivity contribution in [1.29, 1.82) is 0 Å². The monoisotopic (exact) mass is 184 g/mol. The van der Waals surface area contributed by atoms with Gasteiger partial charge in [0.2, 0.25) is 0 Å². The molecule has 1 nitrogen and oxygen atoms in total. The van der Waals surface area contributed by atoms with Crippen molar-refractivity contribution in [3.05, 3.63) is 42.5 Å². The second-order valence-electron chi connectivity index (χ2n) is 2.50. The van der Waals surface area contributed by atoms with Crippen molar-refractivity contribution in [2.45, 2.75) is 0 Å². The molecule has 56 valence electrons. The Morgan fingerprint density at radius 3 is 2.25 bits per heavy atom. The summed E-state index contributed by atoms with van der Waals surface area (Å²) in [5.74, 6) is 0.350. The number of phenolic OH excluding ortho intramolecular Hbond substituents is 1. The van der Waals surface area contributed by atoms with Crippen molar-refractivity contribution in [2.24, 2.45) is 0 Å². The Bertz CT molecular complexity index is 379. The van der Waals surface area contributed by atoms with E-state index >= 15 is 0 Å². The first-order valence-corrected chi connectivity index (χ1v) is 3.54. The van der Waals surface area contributed by atoms with E-state index in [1.54, 1.807) is 6.07 Å². The predicted molar refractivity (Wildman–Crippen MR) is 51.4 cm³/mol. The van der Waals surface area contributed by atoms with E-state index in [0.29, 0.717) is 5.75 Å². The minimum absolute atomic E-state index is 0. The molecule has 0 saturated heterocycles. The van der Waals surface area contributed by atoms with Crippen LogP contribution in [0.4, 0.5) is 0 Å². The molecule has 0 fully saturated rings. The van der Waals surface area contributed by atoms with Gasteiger partial charge in [-0.05, 0) is 11.5 Å². The average molecular weight is 184 g/mol. The Labute approximate surface area is 101 Å². The van der Waals surface area contributed by atoms with Crippen LogP contribution in [0.2, 0.25) is 0 Å². The smallest absolute Gasteiger partial charge is 0.123 e. The summed E-state index contributed by atoms with van der Waals surface area (Å²) in [7, 11) is 0. The molecule has 0 amide bonds. The molecule has 2 rings (SSSR count). The molecule has 0 unspecified atom stereocenters. The van der Waals surface area contributed by atoms with E-state index in [9.17, 15) is 5.11 Å². The number of hydrogen-bond acceptors (Lipinski definition) is 1.